The predicted molar refractivity (Wildman–Crippen MR) is 146 cm³/mol. The van der Waals surface area contributed by atoms with Crippen molar-refractivity contribution in [3.05, 3.63) is 57.6 Å². The van der Waals surface area contributed by atoms with Crippen molar-refractivity contribution in [3.63, 3.8) is 0 Å². The number of aromatic hydroxyl groups is 2. The lowest BCUT2D eigenvalue weighted by Crippen LogP contribution is -2.34. The number of carbonyl (C=O) groups is 2. The number of nitrogens with one attached hydrogen (secondary N) is 2. The highest BCUT2D eigenvalue weighted by atomic mass is 16.3. The molecule has 6 heteroatoms. The van der Waals surface area contributed by atoms with Gasteiger partial charge in [-0.25, -0.2) is 0 Å². The molecule has 0 fully saturated rings. The molecule has 2 aromatic rings. The average Bonchev–Trinajstić information content (AvgIpc) is 2.86. The van der Waals surface area contributed by atoms with Crippen molar-refractivity contribution in [3.8, 4) is 11.5 Å². The number of rotatable bonds is 15. The lowest BCUT2D eigenvalue weighted by atomic mass is 9.98. The minimum absolute atomic E-state index is 0.0516. The van der Waals surface area contributed by atoms with Crippen LogP contribution in [0.5, 0.6) is 11.5 Å². The maximum Gasteiger partial charge on any atom is 0.220 e. The van der Waals surface area contributed by atoms with Gasteiger partial charge in [-0.2, -0.15) is 0 Å². The second-order valence-electron chi connectivity index (χ2n) is 9.75. The third-order valence-corrected chi connectivity index (χ3v) is 6.53. The lowest BCUT2D eigenvalue weighted by molar-refractivity contribution is -0.122. The Morgan fingerprint density at radius 1 is 0.667 bits per heavy atom. The van der Waals surface area contributed by atoms with Crippen LogP contribution in [-0.2, 0) is 35.3 Å². The fourth-order valence-corrected chi connectivity index (χ4v) is 4.37. The Morgan fingerprint density at radius 3 is 1.42 bits per heavy atom. The van der Waals surface area contributed by atoms with Crippen LogP contribution in [0, 0.1) is 13.8 Å². The molecule has 0 aliphatic rings. The van der Waals surface area contributed by atoms with Gasteiger partial charge in [0.05, 0.1) is 0 Å². The topological polar surface area (TPSA) is 98.7 Å². The highest BCUT2D eigenvalue weighted by Gasteiger charge is 2.11. The Morgan fingerprint density at radius 2 is 1.06 bits per heavy atom. The third-order valence-electron chi connectivity index (χ3n) is 6.53. The molecule has 2 rings (SSSR count). The first-order valence-electron chi connectivity index (χ1n) is 13.4. The number of hydrogen-bond donors (Lipinski definition) is 4. The number of aryl methyl sites for hydroxylation is 6. The Labute approximate surface area is 216 Å². The van der Waals surface area contributed by atoms with Crippen LogP contribution >= 0.6 is 0 Å². The largest absolute Gasteiger partial charge is 0.507 e. The van der Waals surface area contributed by atoms with Crippen molar-refractivity contribution in [2.24, 2.45) is 0 Å². The van der Waals surface area contributed by atoms with Crippen molar-refractivity contribution < 1.29 is 19.8 Å². The van der Waals surface area contributed by atoms with Crippen LogP contribution in [0.4, 0.5) is 0 Å². The monoisotopic (exact) mass is 496 g/mol. The first kappa shape index (κ1) is 29.2. The fourth-order valence-electron chi connectivity index (χ4n) is 4.37. The Bertz CT molecular complexity index is 935. The first-order valence-corrected chi connectivity index (χ1v) is 13.4. The van der Waals surface area contributed by atoms with Crippen LogP contribution in [0.2, 0.25) is 0 Å². The molecule has 0 heterocycles. The van der Waals surface area contributed by atoms with E-state index < -0.39 is 0 Å². The molecule has 2 aromatic carbocycles. The van der Waals surface area contributed by atoms with Crippen LogP contribution in [0.25, 0.3) is 0 Å². The smallest absolute Gasteiger partial charge is 0.220 e. The number of carbonyl (C=O) groups excluding carboxylic acids is 2. The van der Waals surface area contributed by atoms with Gasteiger partial charge in [-0.05, 0) is 85.8 Å². The summed E-state index contributed by atoms with van der Waals surface area (Å²) < 4.78 is 0. The van der Waals surface area contributed by atoms with Gasteiger partial charge in [0, 0.05) is 25.9 Å². The van der Waals surface area contributed by atoms with Gasteiger partial charge in [-0.3, -0.25) is 9.59 Å². The number of unbranched alkanes of at least 4 members (excludes halogenated alkanes) is 2. The zero-order valence-electron chi connectivity index (χ0n) is 22.5. The van der Waals surface area contributed by atoms with Crippen molar-refractivity contribution >= 4 is 11.8 Å². The normalized spacial score (nSPS) is 10.9. The number of amides is 2. The molecule has 0 aliphatic carbocycles. The SMILES string of the molecule is CCCCc1cc(CCC(=O)NCCNC(=O)CCc2cc(C)c(O)c(CCCC)c2)cc(C)c1O. The second-order valence-corrected chi connectivity index (χ2v) is 9.75. The van der Waals surface area contributed by atoms with Crippen molar-refractivity contribution in [1.82, 2.24) is 10.6 Å². The lowest BCUT2D eigenvalue weighted by Gasteiger charge is -2.12. The van der Waals surface area contributed by atoms with Crippen LogP contribution < -0.4 is 10.6 Å². The molecule has 2 amide bonds. The summed E-state index contributed by atoms with van der Waals surface area (Å²) in [6.45, 7) is 8.82. The number of benzene rings is 2. The molecule has 0 radical (unpaired) electrons. The summed E-state index contributed by atoms with van der Waals surface area (Å²) in [6.07, 6.45) is 7.84. The molecule has 0 spiro atoms. The molecular formula is C30H44N2O4. The summed E-state index contributed by atoms with van der Waals surface area (Å²) in [5, 5.41) is 26.3. The molecule has 0 aliphatic heterocycles. The van der Waals surface area contributed by atoms with E-state index in [2.05, 4.69) is 24.5 Å². The predicted octanol–water partition coefficient (Wildman–Crippen LogP) is 5.20. The second kappa shape index (κ2) is 15.2. The molecule has 0 aromatic heterocycles. The molecule has 0 unspecified atom stereocenters. The molecule has 0 saturated heterocycles. The summed E-state index contributed by atoms with van der Waals surface area (Å²) >= 11 is 0. The Hall–Kier alpha value is -3.02. The van der Waals surface area contributed by atoms with Crippen molar-refractivity contribution in [2.45, 2.75) is 91.9 Å². The molecule has 0 saturated carbocycles. The van der Waals surface area contributed by atoms with E-state index in [-0.39, 0.29) is 11.8 Å². The summed E-state index contributed by atoms with van der Waals surface area (Å²) in [4.78, 5) is 24.5. The van der Waals surface area contributed by atoms with Crippen molar-refractivity contribution in [1.29, 1.82) is 0 Å². The Balaban J connectivity index is 1.70. The van der Waals surface area contributed by atoms with E-state index in [1.165, 1.54) is 0 Å². The van der Waals surface area contributed by atoms with E-state index in [0.717, 1.165) is 71.9 Å². The highest BCUT2D eigenvalue weighted by molar-refractivity contribution is 5.77. The van der Waals surface area contributed by atoms with Crippen LogP contribution in [-0.4, -0.2) is 35.1 Å². The van der Waals surface area contributed by atoms with Gasteiger partial charge in [0.2, 0.25) is 11.8 Å². The van der Waals surface area contributed by atoms with Crippen molar-refractivity contribution in [2.75, 3.05) is 13.1 Å². The van der Waals surface area contributed by atoms with E-state index in [4.69, 9.17) is 0 Å². The van der Waals surface area contributed by atoms with Crippen LogP contribution in [0.3, 0.4) is 0 Å². The van der Waals surface area contributed by atoms with Gasteiger partial charge in [0.15, 0.2) is 0 Å². The molecule has 6 nitrogen and oxygen atoms in total. The van der Waals surface area contributed by atoms with Gasteiger partial charge in [0.25, 0.3) is 0 Å². The van der Waals surface area contributed by atoms with Gasteiger partial charge in [0.1, 0.15) is 11.5 Å². The standard InChI is InChI=1S/C30H44N2O4/c1-5-7-9-25-19-23(17-21(3)29(25)35)11-13-27(33)31-15-16-32-28(34)14-12-24-18-22(4)30(36)26(20-24)10-8-6-2/h17-20,35-36H,5-16H2,1-4H3,(H,31,33)(H,32,34). The summed E-state index contributed by atoms with van der Waals surface area (Å²) in [7, 11) is 0. The van der Waals surface area contributed by atoms with Gasteiger partial charge < -0.3 is 20.8 Å². The van der Waals surface area contributed by atoms with E-state index in [1.807, 2.05) is 38.1 Å². The zero-order chi connectivity index (χ0) is 26.5. The number of phenols is 2. The highest BCUT2D eigenvalue weighted by Crippen LogP contribution is 2.27. The van der Waals surface area contributed by atoms with Gasteiger partial charge >= 0.3 is 0 Å². The summed E-state index contributed by atoms with van der Waals surface area (Å²) in [6, 6.07) is 7.91. The fraction of sp³-hybridized carbons (Fsp3) is 0.533. The quantitative estimate of drug-likeness (QED) is 0.255. The zero-order valence-corrected chi connectivity index (χ0v) is 22.5. The van der Waals surface area contributed by atoms with E-state index in [9.17, 15) is 19.8 Å². The molecule has 198 valence electrons. The molecule has 0 atom stereocenters. The van der Waals surface area contributed by atoms with Crippen LogP contribution in [0.1, 0.15) is 85.8 Å². The third kappa shape index (κ3) is 9.56. The molecular weight excluding hydrogens is 452 g/mol. The van der Waals surface area contributed by atoms with E-state index in [1.54, 1.807) is 0 Å². The average molecular weight is 497 g/mol. The first-order chi connectivity index (χ1) is 17.2. The summed E-state index contributed by atoms with van der Waals surface area (Å²) in [5.74, 6) is 0.628. The number of hydrogen-bond acceptors (Lipinski definition) is 4. The molecule has 4 N–H and O–H groups in total. The minimum atomic E-state index is -0.0516. The van der Waals surface area contributed by atoms with Crippen LogP contribution in [0.15, 0.2) is 24.3 Å². The summed E-state index contributed by atoms with van der Waals surface area (Å²) in [5.41, 5.74) is 5.72. The van der Waals surface area contributed by atoms with E-state index >= 15 is 0 Å². The molecule has 0 bridgehead atoms. The van der Waals surface area contributed by atoms with E-state index in [0.29, 0.717) is 50.3 Å². The maximum absolute atomic E-state index is 12.3. The number of phenolic OH excluding ortho intramolecular Hbond substituents is 2. The maximum atomic E-state index is 12.3. The molecule has 36 heavy (non-hydrogen) atoms. The Kier molecular flexibility index (Phi) is 12.3. The minimum Gasteiger partial charge on any atom is -0.507 e. The van der Waals surface area contributed by atoms with Gasteiger partial charge in [-0.15, -0.1) is 0 Å². The van der Waals surface area contributed by atoms with Gasteiger partial charge in [-0.1, -0.05) is 51.0 Å².